The van der Waals surface area contributed by atoms with Gasteiger partial charge < -0.3 is 34.7 Å². The zero-order chi connectivity index (χ0) is 17.0. The second kappa shape index (κ2) is 5.38. The Hall–Kier alpha value is -1.26. The molecule has 2 amide bonds. The van der Waals surface area contributed by atoms with Crippen LogP contribution in [0.25, 0.3) is 0 Å². The molecule has 3 fully saturated rings. The van der Waals surface area contributed by atoms with Gasteiger partial charge in [-0.05, 0) is 27.7 Å². The van der Waals surface area contributed by atoms with Gasteiger partial charge in [0.2, 0.25) is 5.91 Å². The van der Waals surface area contributed by atoms with E-state index in [-0.39, 0.29) is 6.54 Å². The van der Waals surface area contributed by atoms with Crippen LogP contribution in [0, 0.1) is 0 Å². The lowest BCUT2D eigenvalue weighted by Crippen LogP contribution is -2.59. The van der Waals surface area contributed by atoms with Crippen LogP contribution in [-0.2, 0) is 33.3 Å². The van der Waals surface area contributed by atoms with Crippen LogP contribution in [0.15, 0.2) is 0 Å². The first-order valence-corrected chi connectivity index (χ1v) is 7.51. The van der Waals surface area contributed by atoms with Crippen molar-refractivity contribution < 1.29 is 33.3 Å². The van der Waals surface area contributed by atoms with Crippen molar-refractivity contribution in [1.82, 2.24) is 5.32 Å². The quantitative estimate of drug-likeness (QED) is 0.680. The predicted octanol–water partition coefficient (Wildman–Crippen LogP) is -1.02. The summed E-state index contributed by atoms with van der Waals surface area (Å²) >= 11 is 0. The molecule has 0 aliphatic carbocycles. The standard InChI is InChI=1S/C14H22N2O7/c1-13(2)20-7-8(21-13)10-12(23-14(3,4)22-10)19-9(7)11(18)16-5-6(15)17/h7-10,12H,5H2,1-4H3,(H2,15,17)(H,16,18)/t7-,8-,9+,10+,12-/m0/s1. The summed E-state index contributed by atoms with van der Waals surface area (Å²) in [6.45, 7) is 6.73. The summed E-state index contributed by atoms with van der Waals surface area (Å²) in [7, 11) is 0. The molecule has 3 aliphatic rings. The highest BCUT2D eigenvalue weighted by molar-refractivity contribution is 5.86. The third-order valence-corrected chi connectivity index (χ3v) is 3.85. The number of carbonyl (C=O) groups excluding carboxylic acids is 2. The molecule has 0 spiro atoms. The van der Waals surface area contributed by atoms with Crippen molar-refractivity contribution in [2.45, 2.75) is 70.0 Å². The highest BCUT2D eigenvalue weighted by atomic mass is 16.9. The van der Waals surface area contributed by atoms with Crippen molar-refractivity contribution in [1.29, 1.82) is 0 Å². The van der Waals surface area contributed by atoms with E-state index in [0.29, 0.717) is 0 Å². The van der Waals surface area contributed by atoms with Crippen LogP contribution in [0.5, 0.6) is 0 Å². The van der Waals surface area contributed by atoms with Gasteiger partial charge in [-0.1, -0.05) is 0 Å². The third-order valence-electron chi connectivity index (χ3n) is 3.85. The van der Waals surface area contributed by atoms with Crippen molar-refractivity contribution in [2.75, 3.05) is 6.54 Å². The van der Waals surface area contributed by atoms with Gasteiger partial charge in [0.05, 0.1) is 6.54 Å². The van der Waals surface area contributed by atoms with Gasteiger partial charge in [-0.3, -0.25) is 9.59 Å². The molecule has 3 heterocycles. The van der Waals surface area contributed by atoms with Crippen LogP contribution in [0.2, 0.25) is 0 Å². The van der Waals surface area contributed by atoms with Crippen molar-refractivity contribution in [3.8, 4) is 0 Å². The van der Waals surface area contributed by atoms with Crippen LogP contribution >= 0.6 is 0 Å². The number of rotatable bonds is 3. The van der Waals surface area contributed by atoms with Gasteiger partial charge in [-0.15, -0.1) is 0 Å². The summed E-state index contributed by atoms with van der Waals surface area (Å²) in [4.78, 5) is 23.2. The molecule has 9 heteroatoms. The van der Waals surface area contributed by atoms with E-state index in [1.807, 2.05) is 0 Å². The lowest BCUT2D eigenvalue weighted by molar-refractivity contribution is -0.231. The molecule has 3 saturated heterocycles. The van der Waals surface area contributed by atoms with Gasteiger partial charge in [0.25, 0.3) is 5.91 Å². The monoisotopic (exact) mass is 330 g/mol. The molecule has 0 aromatic carbocycles. The molecular weight excluding hydrogens is 308 g/mol. The van der Waals surface area contributed by atoms with E-state index in [1.165, 1.54) is 0 Å². The van der Waals surface area contributed by atoms with Crippen molar-refractivity contribution in [2.24, 2.45) is 5.73 Å². The fourth-order valence-electron chi connectivity index (χ4n) is 3.10. The molecule has 0 aromatic rings. The molecule has 130 valence electrons. The first-order valence-electron chi connectivity index (χ1n) is 7.51. The molecular formula is C14H22N2O7. The van der Waals surface area contributed by atoms with Crippen LogP contribution in [0.1, 0.15) is 27.7 Å². The molecule has 3 aliphatic heterocycles. The van der Waals surface area contributed by atoms with Crippen LogP contribution < -0.4 is 11.1 Å². The van der Waals surface area contributed by atoms with Crippen molar-refractivity contribution in [3.63, 3.8) is 0 Å². The van der Waals surface area contributed by atoms with Gasteiger partial charge in [0.15, 0.2) is 24.0 Å². The average molecular weight is 330 g/mol. The highest BCUT2D eigenvalue weighted by Crippen LogP contribution is 2.44. The Morgan fingerprint density at radius 1 is 0.957 bits per heavy atom. The zero-order valence-corrected chi connectivity index (χ0v) is 13.5. The Bertz CT molecular complexity index is 521. The number of fused-ring (bicyclic) bond motifs is 3. The van der Waals surface area contributed by atoms with E-state index < -0.39 is 54.1 Å². The Balaban J connectivity index is 1.81. The SMILES string of the molecule is CC1(C)O[C@@H]2O[C@@H](C(=O)NCC(N)=O)[C@H]3OC(C)(C)O[C@@H]3[C@H]2O1. The maximum Gasteiger partial charge on any atom is 0.252 e. The van der Waals surface area contributed by atoms with Crippen molar-refractivity contribution >= 4 is 11.8 Å². The summed E-state index contributed by atoms with van der Waals surface area (Å²) in [5, 5.41) is 2.42. The second-order valence-electron chi connectivity index (χ2n) is 6.77. The number of nitrogens with one attached hydrogen (secondary N) is 1. The van der Waals surface area contributed by atoms with E-state index in [0.717, 1.165) is 0 Å². The Kier molecular flexibility index (Phi) is 3.88. The molecule has 5 atom stereocenters. The van der Waals surface area contributed by atoms with E-state index in [4.69, 9.17) is 29.4 Å². The summed E-state index contributed by atoms with van der Waals surface area (Å²) < 4.78 is 28.9. The number of hydrogen-bond acceptors (Lipinski definition) is 7. The third kappa shape index (κ3) is 3.20. The number of carbonyl (C=O) groups is 2. The van der Waals surface area contributed by atoms with Gasteiger partial charge in [-0.25, -0.2) is 0 Å². The first-order chi connectivity index (χ1) is 10.6. The molecule has 9 nitrogen and oxygen atoms in total. The van der Waals surface area contributed by atoms with Crippen LogP contribution in [0.4, 0.5) is 0 Å². The minimum atomic E-state index is -0.986. The smallest absolute Gasteiger partial charge is 0.252 e. The number of primary amides is 1. The van der Waals surface area contributed by atoms with Gasteiger partial charge in [-0.2, -0.15) is 0 Å². The molecule has 0 unspecified atom stereocenters. The molecule has 0 radical (unpaired) electrons. The Morgan fingerprint density at radius 3 is 2.17 bits per heavy atom. The maximum atomic E-state index is 12.3. The fraction of sp³-hybridized carbons (Fsp3) is 0.857. The topological polar surface area (TPSA) is 118 Å². The molecule has 23 heavy (non-hydrogen) atoms. The predicted molar refractivity (Wildman–Crippen MR) is 74.7 cm³/mol. The Labute approximate surface area is 133 Å². The zero-order valence-electron chi connectivity index (χ0n) is 13.5. The fourth-order valence-corrected chi connectivity index (χ4v) is 3.10. The highest BCUT2D eigenvalue weighted by Gasteiger charge is 2.62. The number of ether oxygens (including phenoxy) is 5. The summed E-state index contributed by atoms with van der Waals surface area (Å²) in [5.74, 6) is -2.89. The molecule has 0 aromatic heterocycles. The number of nitrogens with two attached hydrogens (primary N) is 1. The molecule has 3 rings (SSSR count). The van der Waals surface area contributed by atoms with Crippen LogP contribution in [-0.4, -0.2) is 60.6 Å². The molecule has 3 N–H and O–H groups in total. The molecule has 0 saturated carbocycles. The number of hydrogen-bond donors (Lipinski definition) is 2. The summed E-state index contributed by atoms with van der Waals surface area (Å²) in [5.41, 5.74) is 5.05. The second-order valence-corrected chi connectivity index (χ2v) is 6.77. The minimum Gasteiger partial charge on any atom is -0.368 e. The van der Waals surface area contributed by atoms with E-state index in [9.17, 15) is 9.59 Å². The van der Waals surface area contributed by atoms with E-state index >= 15 is 0 Å². The lowest BCUT2D eigenvalue weighted by atomic mass is 9.98. The van der Waals surface area contributed by atoms with Gasteiger partial charge in [0.1, 0.15) is 18.3 Å². The minimum absolute atomic E-state index is 0.280. The number of amides is 2. The largest absolute Gasteiger partial charge is 0.368 e. The summed E-state index contributed by atoms with van der Waals surface area (Å²) in [6, 6.07) is 0. The lowest BCUT2D eigenvalue weighted by Gasteiger charge is -2.36. The van der Waals surface area contributed by atoms with E-state index in [1.54, 1.807) is 27.7 Å². The summed E-state index contributed by atoms with van der Waals surface area (Å²) in [6.07, 6.45) is -3.43. The van der Waals surface area contributed by atoms with Gasteiger partial charge in [0, 0.05) is 0 Å². The van der Waals surface area contributed by atoms with Crippen LogP contribution in [0.3, 0.4) is 0 Å². The Morgan fingerprint density at radius 2 is 1.52 bits per heavy atom. The van der Waals surface area contributed by atoms with Gasteiger partial charge >= 0.3 is 0 Å². The average Bonchev–Trinajstić information content (AvgIpc) is 2.89. The first kappa shape index (κ1) is 16.6. The van der Waals surface area contributed by atoms with E-state index in [2.05, 4.69) is 5.32 Å². The maximum absolute atomic E-state index is 12.3. The van der Waals surface area contributed by atoms with Crippen molar-refractivity contribution in [3.05, 3.63) is 0 Å². The molecule has 0 bridgehead atoms. The normalized spacial score (nSPS) is 40.3.